The lowest BCUT2D eigenvalue weighted by molar-refractivity contribution is 0.669. The van der Waals surface area contributed by atoms with Gasteiger partial charge < -0.3 is 4.42 Å². The van der Waals surface area contributed by atoms with E-state index < -0.39 is 0 Å². The van der Waals surface area contributed by atoms with Gasteiger partial charge in [0.2, 0.25) is 0 Å². The summed E-state index contributed by atoms with van der Waals surface area (Å²) in [5.74, 6) is 1.84. The van der Waals surface area contributed by atoms with E-state index in [-0.39, 0.29) is 0 Å². The third-order valence-electron chi connectivity index (χ3n) is 12.7. The Morgan fingerprint density at radius 1 is 0.262 bits per heavy atom. The summed E-state index contributed by atoms with van der Waals surface area (Å²) < 4.78 is 6.72. The van der Waals surface area contributed by atoms with Gasteiger partial charge in [0.15, 0.2) is 23.1 Å². The van der Waals surface area contributed by atoms with Gasteiger partial charge in [-0.3, -0.25) is 0 Å². The smallest absolute Gasteiger partial charge is 0.164 e. The lowest BCUT2D eigenvalue weighted by Crippen LogP contribution is -2.00. The average molecular weight is 829 g/mol. The average Bonchev–Trinajstić information content (AvgIpc) is 3.79. The van der Waals surface area contributed by atoms with Gasteiger partial charge >= 0.3 is 0 Å². The normalized spacial score (nSPS) is 11.7. The Balaban J connectivity index is 0.955. The molecule has 5 nitrogen and oxygen atoms in total. The molecule has 0 amide bonds. The molecule has 0 N–H and O–H groups in total. The van der Waals surface area contributed by atoms with E-state index >= 15 is 0 Å². The highest BCUT2D eigenvalue weighted by molar-refractivity contribution is 6.26. The molecule has 0 bridgehead atoms. The third kappa shape index (κ3) is 6.24. The zero-order chi connectivity index (χ0) is 42.8. The zero-order valence-electron chi connectivity index (χ0n) is 35.0. The van der Waals surface area contributed by atoms with Gasteiger partial charge in [0.25, 0.3) is 0 Å². The van der Waals surface area contributed by atoms with E-state index in [0.29, 0.717) is 17.5 Å². The molecule has 65 heavy (non-hydrogen) atoms. The molecule has 0 aliphatic rings. The Labute approximate surface area is 374 Å². The molecular formula is C60H36N4O. The second kappa shape index (κ2) is 14.9. The predicted molar refractivity (Wildman–Crippen MR) is 268 cm³/mol. The highest BCUT2D eigenvalue weighted by atomic mass is 16.3. The number of furan rings is 1. The molecule has 0 saturated carbocycles. The van der Waals surface area contributed by atoms with Crippen LogP contribution in [0.4, 0.5) is 0 Å². The molecule has 302 valence electrons. The number of nitrogens with zero attached hydrogens (tertiary/aromatic N) is 4. The summed E-state index contributed by atoms with van der Waals surface area (Å²) in [6, 6.07) is 76.3. The largest absolute Gasteiger partial charge is 0.454 e. The molecule has 3 aromatic heterocycles. The minimum Gasteiger partial charge on any atom is -0.454 e. The Hall–Kier alpha value is -8.80. The second-order valence-electron chi connectivity index (χ2n) is 16.5. The van der Waals surface area contributed by atoms with E-state index in [2.05, 4.69) is 170 Å². The van der Waals surface area contributed by atoms with Crippen LogP contribution in [0.25, 0.3) is 133 Å². The van der Waals surface area contributed by atoms with E-state index in [1.807, 2.05) is 48.5 Å². The van der Waals surface area contributed by atoms with Gasteiger partial charge in [0.05, 0.1) is 5.52 Å². The van der Waals surface area contributed by atoms with Gasteiger partial charge in [0, 0.05) is 38.4 Å². The first-order valence-corrected chi connectivity index (χ1v) is 21.9. The number of rotatable bonds is 6. The summed E-state index contributed by atoms with van der Waals surface area (Å²) in [6.45, 7) is 0. The molecule has 0 spiro atoms. The van der Waals surface area contributed by atoms with Crippen molar-refractivity contribution >= 4 is 65.2 Å². The fourth-order valence-corrected chi connectivity index (χ4v) is 9.55. The first-order valence-electron chi connectivity index (χ1n) is 21.9. The summed E-state index contributed by atoms with van der Waals surface area (Å²) in [6.07, 6.45) is 0. The summed E-state index contributed by atoms with van der Waals surface area (Å²) >= 11 is 0. The lowest BCUT2D eigenvalue weighted by Gasteiger charge is -2.13. The number of para-hydroxylation sites is 1. The van der Waals surface area contributed by atoms with Crippen LogP contribution in [0.1, 0.15) is 0 Å². The molecule has 5 heteroatoms. The molecule has 0 saturated heterocycles. The van der Waals surface area contributed by atoms with Crippen molar-refractivity contribution in [1.82, 2.24) is 19.9 Å². The van der Waals surface area contributed by atoms with Crippen molar-refractivity contribution in [3.05, 3.63) is 218 Å². The summed E-state index contributed by atoms with van der Waals surface area (Å²) in [7, 11) is 0. The van der Waals surface area contributed by atoms with Gasteiger partial charge in [-0.2, -0.15) is 0 Å². The molecule has 0 aliphatic carbocycles. The topological polar surface area (TPSA) is 64.7 Å². The molecule has 3 heterocycles. The van der Waals surface area contributed by atoms with Gasteiger partial charge in [-0.25, -0.2) is 19.9 Å². The number of fused-ring (bicyclic) bond motifs is 11. The van der Waals surface area contributed by atoms with Crippen LogP contribution in [0, 0.1) is 0 Å². The molecule has 0 fully saturated rings. The first kappa shape index (κ1) is 36.8. The van der Waals surface area contributed by atoms with E-state index in [1.165, 1.54) is 32.3 Å². The molecule has 0 atom stereocenters. The minimum absolute atomic E-state index is 0.604. The fraction of sp³-hybridized carbons (Fsp3) is 0. The van der Waals surface area contributed by atoms with Crippen molar-refractivity contribution < 1.29 is 4.42 Å². The summed E-state index contributed by atoms with van der Waals surface area (Å²) in [5, 5.41) is 10.5. The molecule has 13 rings (SSSR count). The minimum atomic E-state index is 0.604. The maximum Gasteiger partial charge on any atom is 0.164 e. The van der Waals surface area contributed by atoms with Crippen LogP contribution in [-0.4, -0.2) is 19.9 Å². The number of hydrogen-bond donors (Lipinski definition) is 0. The maximum absolute atomic E-state index is 6.72. The molecule has 0 radical (unpaired) electrons. The van der Waals surface area contributed by atoms with E-state index in [1.54, 1.807) is 0 Å². The number of aromatic nitrogens is 4. The SMILES string of the molecule is c1ccc(-c2ccc(-c3nc(-c4ccccc4)nc(-c4cccc(-c5ccc6c(c5)nc(-c5ccc7c8ccccc8c8ccccc8c7c5)c5oc7ccccc7c56)c4)n3)cc2)cc1. The Morgan fingerprint density at radius 3 is 1.40 bits per heavy atom. The van der Waals surface area contributed by atoms with Crippen LogP contribution in [0.15, 0.2) is 223 Å². The van der Waals surface area contributed by atoms with Crippen LogP contribution < -0.4 is 0 Å². The van der Waals surface area contributed by atoms with Gasteiger partial charge in [-0.15, -0.1) is 0 Å². The van der Waals surface area contributed by atoms with E-state index in [0.717, 1.165) is 83.0 Å². The summed E-state index contributed by atoms with van der Waals surface area (Å²) in [5.41, 5.74) is 11.4. The van der Waals surface area contributed by atoms with Crippen LogP contribution in [0.2, 0.25) is 0 Å². The highest BCUT2D eigenvalue weighted by Gasteiger charge is 2.20. The van der Waals surface area contributed by atoms with Crippen molar-refractivity contribution in [2.45, 2.75) is 0 Å². The van der Waals surface area contributed by atoms with Crippen molar-refractivity contribution in [2.75, 3.05) is 0 Å². The highest BCUT2D eigenvalue weighted by Crippen LogP contribution is 2.43. The maximum atomic E-state index is 6.72. The third-order valence-corrected chi connectivity index (χ3v) is 12.7. The number of hydrogen-bond acceptors (Lipinski definition) is 5. The molecule has 13 aromatic rings. The quantitative estimate of drug-likeness (QED) is 0.156. The van der Waals surface area contributed by atoms with Crippen LogP contribution >= 0.6 is 0 Å². The van der Waals surface area contributed by atoms with Crippen LogP contribution in [-0.2, 0) is 0 Å². The van der Waals surface area contributed by atoms with Crippen LogP contribution in [0.5, 0.6) is 0 Å². The number of pyridine rings is 1. The summed E-state index contributed by atoms with van der Waals surface area (Å²) in [4.78, 5) is 20.6. The first-order chi connectivity index (χ1) is 32.2. The monoisotopic (exact) mass is 828 g/mol. The predicted octanol–water partition coefficient (Wildman–Crippen LogP) is 15.8. The van der Waals surface area contributed by atoms with E-state index in [9.17, 15) is 0 Å². The van der Waals surface area contributed by atoms with Crippen LogP contribution in [0.3, 0.4) is 0 Å². The van der Waals surface area contributed by atoms with Gasteiger partial charge in [-0.1, -0.05) is 194 Å². The van der Waals surface area contributed by atoms with Crippen molar-refractivity contribution in [2.24, 2.45) is 0 Å². The van der Waals surface area contributed by atoms with E-state index in [4.69, 9.17) is 24.4 Å². The molecule has 0 unspecified atom stereocenters. The molecular weight excluding hydrogens is 793 g/mol. The fourth-order valence-electron chi connectivity index (χ4n) is 9.55. The Morgan fingerprint density at radius 2 is 0.708 bits per heavy atom. The molecule has 10 aromatic carbocycles. The van der Waals surface area contributed by atoms with Gasteiger partial charge in [-0.05, 0) is 78.8 Å². The number of benzene rings is 10. The second-order valence-corrected chi connectivity index (χ2v) is 16.5. The zero-order valence-corrected chi connectivity index (χ0v) is 35.0. The Kier molecular flexibility index (Phi) is 8.46. The standard InChI is InChI=1S/C60H36N4O/c1-3-14-37(15-4-1)38-26-28-40(29-27-38)59-62-58(39-16-5-2-6-17-39)63-60(64-59)44-19-13-18-41(34-44)42-30-33-50-53(36-42)61-56(57-55(50)51-24-11-12-25-54(51)65-57)43-31-32-49-47-22-8-7-20-45(47)46-21-9-10-23-48(46)52(49)35-43/h1-36H. The van der Waals surface area contributed by atoms with Crippen molar-refractivity contribution in [3.8, 4) is 67.7 Å². The molecule has 0 aliphatic heterocycles. The Bertz CT molecular complexity index is 3960. The van der Waals surface area contributed by atoms with Gasteiger partial charge in [0.1, 0.15) is 11.3 Å². The lowest BCUT2D eigenvalue weighted by atomic mass is 9.92. The van der Waals surface area contributed by atoms with Crippen molar-refractivity contribution in [1.29, 1.82) is 0 Å². The van der Waals surface area contributed by atoms with Crippen molar-refractivity contribution in [3.63, 3.8) is 0 Å².